The second kappa shape index (κ2) is 8.56. The first kappa shape index (κ1) is 20.1. The molecule has 2 aromatic carbocycles. The van der Waals surface area contributed by atoms with E-state index >= 15 is 0 Å². The zero-order chi connectivity index (χ0) is 21.7. The first-order valence-corrected chi connectivity index (χ1v) is 8.42. The Hall–Kier alpha value is -4.67. The standard InChI is InChI=1S/C19H13N5O6/c25-18(12-4-8-14(9-5-12)23(27)28)21-16-2-1-3-17(20-16)22-19(26)13-6-10-15(11-7-13)24(29)30/h1-11H,(H2,20,21,22,25,26). The zero-order valence-corrected chi connectivity index (χ0v) is 15.1. The third-order valence-corrected chi connectivity index (χ3v) is 3.91. The van der Waals surface area contributed by atoms with Crippen molar-refractivity contribution < 1.29 is 19.4 Å². The van der Waals surface area contributed by atoms with Crippen LogP contribution in [0.1, 0.15) is 20.7 Å². The van der Waals surface area contributed by atoms with Crippen LogP contribution in [0.25, 0.3) is 0 Å². The molecule has 2 N–H and O–H groups in total. The fourth-order valence-corrected chi connectivity index (χ4v) is 2.42. The van der Waals surface area contributed by atoms with Crippen molar-refractivity contribution in [3.05, 3.63) is 98.1 Å². The maximum atomic E-state index is 12.3. The summed E-state index contributed by atoms with van der Waals surface area (Å²) in [6.07, 6.45) is 0. The number of nitrogens with zero attached hydrogens (tertiary/aromatic N) is 3. The predicted molar refractivity (Wildman–Crippen MR) is 106 cm³/mol. The molecule has 1 heterocycles. The van der Waals surface area contributed by atoms with Gasteiger partial charge in [0.1, 0.15) is 11.6 Å². The number of pyridine rings is 1. The van der Waals surface area contributed by atoms with Gasteiger partial charge in [0, 0.05) is 35.4 Å². The number of hydrogen-bond acceptors (Lipinski definition) is 7. The quantitative estimate of drug-likeness (QED) is 0.468. The molecule has 0 aliphatic carbocycles. The second-order valence-electron chi connectivity index (χ2n) is 5.92. The minimum absolute atomic E-state index is 0.138. The summed E-state index contributed by atoms with van der Waals surface area (Å²) in [4.78, 5) is 48.9. The first-order chi connectivity index (χ1) is 14.3. The van der Waals surface area contributed by atoms with E-state index in [1.54, 1.807) is 6.07 Å². The average Bonchev–Trinajstić information content (AvgIpc) is 2.74. The summed E-state index contributed by atoms with van der Waals surface area (Å²) in [5.74, 6) is -0.757. The molecule has 0 aliphatic heterocycles. The van der Waals surface area contributed by atoms with Crippen molar-refractivity contribution in [2.24, 2.45) is 0 Å². The fourth-order valence-electron chi connectivity index (χ4n) is 2.42. The Morgan fingerprint density at radius 2 is 1.03 bits per heavy atom. The molecule has 0 spiro atoms. The molecular formula is C19H13N5O6. The van der Waals surface area contributed by atoms with Crippen molar-refractivity contribution >= 4 is 34.8 Å². The van der Waals surface area contributed by atoms with Crippen molar-refractivity contribution in [3.63, 3.8) is 0 Å². The number of nitro groups is 2. The fraction of sp³-hybridized carbons (Fsp3) is 0. The molecule has 0 unspecified atom stereocenters. The molecule has 0 fully saturated rings. The lowest BCUT2D eigenvalue weighted by Crippen LogP contribution is -2.16. The van der Waals surface area contributed by atoms with Gasteiger partial charge in [0.2, 0.25) is 0 Å². The van der Waals surface area contributed by atoms with Crippen molar-refractivity contribution in [1.29, 1.82) is 0 Å². The molecule has 30 heavy (non-hydrogen) atoms. The average molecular weight is 407 g/mol. The van der Waals surface area contributed by atoms with Crippen LogP contribution in [0.5, 0.6) is 0 Å². The summed E-state index contributed by atoms with van der Waals surface area (Å²) < 4.78 is 0. The largest absolute Gasteiger partial charge is 0.306 e. The molecule has 0 bridgehead atoms. The van der Waals surface area contributed by atoms with Gasteiger partial charge in [-0.05, 0) is 36.4 Å². The molecule has 150 valence electrons. The molecule has 0 atom stereocenters. The Morgan fingerprint density at radius 1 is 0.667 bits per heavy atom. The molecule has 3 rings (SSSR count). The number of anilines is 2. The smallest absolute Gasteiger partial charge is 0.269 e. The Morgan fingerprint density at radius 3 is 1.37 bits per heavy atom. The van der Waals surface area contributed by atoms with Crippen molar-refractivity contribution in [3.8, 4) is 0 Å². The van der Waals surface area contributed by atoms with Crippen LogP contribution < -0.4 is 10.6 Å². The van der Waals surface area contributed by atoms with E-state index in [0.29, 0.717) is 0 Å². The molecule has 0 saturated heterocycles. The Bertz CT molecular complexity index is 1040. The summed E-state index contributed by atoms with van der Waals surface area (Å²) in [6, 6.07) is 14.7. The molecule has 0 radical (unpaired) electrons. The normalized spacial score (nSPS) is 10.1. The minimum atomic E-state index is -0.569. The van der Waals surface area contributed by atoms with Gasteiger partial charge in [0.05, 0.1) is 9.85 Å². The Balaban J connectivity index is 1.68. The number of aromatic nitrogens is 1. The number of rotatable bonds is 6. The van der Waals surface area contributed by atoms with E-state index in [9.17, 15) is 29.8 Å². The number of benzene rings is 2. The van der Waals surface area contributed by atoms with Gasteiger partial charge in [-0.2, -0.15) is 0 Å². The van der Waals surface area contributed by atoms with E-state index in [1.165, 1.54) is 60.7 Å². The number of nitro benzene ring substituents is 2. The number of carbonyl (C=O) groups is 2. The van der Waals surface area contributed by atoms with Crippen LogP contribution in [0.2, 0.25) is 0 Å². The van der Waals surface area contributed by atoms with Crippen LogP contribution in [0, 0.1) is 20.2 Å². The highest BCUT2D eigenvalue weighted by atomic mass is 16.6. The van der Waals surface area contributed by atoms with E-state index in [1.807, 2.05) is 0 Å². The van der Waals surface area contributed by atoms with Crippen LogP contribution in [-0.4, -0.2) is 26.6 Å². The van der Waals surface area contributed by atoms with Gasteiger partial charge in [-0.1, -0.05) is 6.07 Å². The van der Waals surface area contributed by atoms with Gasteiger partial charge in [-0.25, -0.2) is 4.98 Å². The van der Waals surface area contributed by atoms with Crippen LogP contribution in [0.4, 0.5) is 23.0 Å². The zero-order valence-electron chi connectivity index (χ0n) is 15.1. The lowest BCUT2D eigenvalue weighted by atomic mass is 10.2. The molecule has 1 aromatic heterocycles. The SMILES string of the molecule is O=C(Nc1cccc(NC(=O)c2ccc([N+](=O)[O-])cc2)n1)c1ccc([N+](=O)[O-])cc1. The molecule has 11 nitrogen and oxygen atoms in total. The first-order valence-electron chi connectivity index (χ1n) is 8.42. The van der Waals surface area contributed by atoms with E-state index in [4.69, 9.17) is 0 Å². The molecule has 0 saturated carbocycles. The van der Waals surface area contributed by atoms with Crippen LogP contribution in [0.15, 0.2) is 66.7 Å². The van der Waals surface area contributed by atoms with Crippen LogP contribution in [0.3, 0.4) is 0 Å². The monoisotopic (exact) mass is 407 g/mol. The van der Waals surface area contributed by atoms with E-state index in [-0.39, 0.29) is 34.1 Å². The number of hydrogen-bond donors (Lipinski definition) is 2. The van der Waals surface area contributed by atoms with Gasteiger partial charge in [0.25, 0.3) is 23.2 Å². The Kier molecular flexibility index (Phi) is 5.73. The summed E-state index contributed by atoms with van der Waals surface area (Å²) in [7, 11) is 0. The number of carbonyl (C=O) groups excluding carboxylic acids is 2. The predicted octanol–water partition coefficient (Wildman–Crippen LogP) is 3.40. The van der Waals surface area contributed by atoms with Crippen molar-refractivity contribution in [2.75, 3.05) is 10.6 Å². The number of non-ortho nitro benzene ring substituents is 2. The maximum Gasteiger partial charge on any atom is 0.269 e. The third-order valence-electron chi connectivity index (χ3n) is 3.91. The topological polar surface area (TPSA) is 157 Å². The summed E-state index contributed by atoms with van der Waals surface area (Å²) in [5.41, 5.74) is 0.117. The minimum Gasteiger partial charge on any atom is -0.306 e. The Labute approximate surface area is 168 Å². The van der Waals surface area contributed by atoms with Gasteiger partial charge < -0.3 is 10.6 Å². The molecule has 11 heteroatoms. The summed E-state index contributed by atoms with van der Waals surface area (Å²) in [5, 5.41) is 26.4. The van der Waals surface area contributed by atoms with Gasteiger partial charge in [0.15, 0.2) is 0 Å². The highest BCUT2D eigenvalue weighted by Crippen LogP contribution is 2.16. The lowest BCUT2D eigenvalue weighted by Gasteiger charge is -2.08. The molecular weight excluding hydrogens is 394 g/mol. The molecule has 3 aromatic rings. The number of amides is 2. The van der Waals surface area contributed by atoms with E-state index in [0.717, 1.165) is 0 Å². The van der Waals surface area contributed by atoms with E-state index in [2.05, 4.69) is 15.6 Å². The highest BCUT2D eigenvalue weighted by molar-refractivity contribution is 6.05. The molecule has 0 aliphatic rings. The van der Waals surface area contributed by atoms with Crippen LogP contribution >= 0.6 is 0 Å². The lowest BCUT2D eigenvalue weighted by molar-refractivity contribution is -0.385. The molecule has 2 amide bonds. The van der Waals surface area contributed by atoms with Crippen molar-refractivity contribution in [2.45, 2.75) is 0 Å². The number of nitrogens with one attached hydrogen (secondary N) is 2. The second-order valence-corrected chi connectivity index (χ2v) is 5.92. The van der Waals surface area contributed by atoms with Gasteiger partial charge in [-0.3, -0.25) is 29.8 Å². The van der Waals surface area contributed by atoms with Crippen LogP contribution in [-0.2, 0) is 0 Å². The van der Waals surface area contributed by atoms with Gasteiger partial charge >= 0.3 is 0 Å². The summed E-state index contributed by atoms with van der Waals surface area (Å²) >= 11 is 0. The van der Waals surface area contributed by atoms with E-state index < -0.39 is 21.7 Å². The highest BCUT2D eigenvalue weighted by Gasteiger charge is 2.13. The summed E-state index contributed by atoms with van der Waals surface area (Å²) in [6.45, 7) is 0. The van der Waals surface area contributed by atoms with Gasteiger partial charge in [-0.15, -0.1) is 0 Å². The maximum absolute atomic E-state index is 12.3. The third kappa shape index (κ3) is 4.78. The van der Waals surface area contributed by atoms with Crippen molar-refractivity contribution in [1.82, 2.24) is 4.98 Å².